The summed E-state index contributed by atoms with van der Waals surface area (Å²) in [6, 6.07) is 15.0. The maximum Gasteiger partial charge on any atom is 0.126 e. The van der Waals surface area contributed by atoms with Gasteiger partial charge in [0.25, 0.3) is 0 Å². The number of hydrogen-bond acceptors (Lipinski definition) is 2. The number of halogens is 1. The molecule has 2 rings (SSSR count). The quantitative estimate of drug-likeness (QED) is 0.804. The van der Waals surface area contributed by atoms with Gasteiger partial charge in [-0.05, 0) is 36.2 Å². The van der Waals surface area contributed by atoms with Crippen LogP contribution in [-0.4, -0.2) is 13.2 Å². The average molecular weight is 259 g/mol. The molecule has 0 aromatic heterocycles. The van der Waals surface area contributed by atoms with Crippen LogP contribution >= 0.6 is 0 Å². The number of ether oxygens (including phenoxy) is 1. The standard InChI is InChI=1S/C16H18FNO/c1-13-11-15(7-8-16(13)17)19-10-9-18-12-14-5-3-2-4-6-14/h2-8,11,18H,9-10,12H2,1H3. The fourth-order valence-electron chi connectivity index (χ4n) is 1.78. The molecule has 2 aromatic carbocycles. The summed E-state index contributed by atoms with van der Waals surface area (Å²) in [6.45, 7) is 3.88. The number of benzene rings is 2. The predicted molar refractivity (Wildman–Crippen MR) is 74.8 cm³/mol. The molecule has 19 heavy (non-hydrogen) atoms. The second-order valence-electron chi connectivity index (χ2n) is 4.42. The minimum absolute atomic E-state index is 0.199. The van der Waals surface area contributed by atoms with Crippen molar-refractivity contribution in [3.05, 3.63) is 65.5 Å². The lowest BCUT2D eigenvalue weighted by Gasteiger charge is -2.08. The lowest BCUT2D eigenvalue weighted by Crippen LogP contribution is -2.20. The van der Waals surface area contributed by atoms with Crippen molar-refractivity contribution in [2.75, 3.05) is 13.2 Å². The first kappa shape index (κ1) is 13.6. The molecule has 0 aliphatic carbocycles. The zero-order chi connectivity index (χ0) is 13.5. The Morgan fingerprint density at radius 2 is 1.89 bits per heavy atom. The molecule has 0 fully saturated rings. The van der Waals surface area contributed by atoms with Gasteiger partial charge in [0.2, 0.25) is 0 Å². The van der Waals surface area contributed by atoms with Crippen LogP contribution in [0.3, 0.4) is 0 Å². The lowest BCUT2D eigenvalue weighted by atomic mass is 10.2. The van der Waals surface area contributed by atoms with Crippen molar-refractivity contribution in [1.82, 2.24) is 5.32 Å². The molecule has 3 heteroatoms. The van der Waals surface area contributed by atoms with Crippen LogP contribution in [0, 0.1) is 12.7 Å². The van der Waals surface area contributed by atoms with Crippen molar-refractivity contribution in [3.63, 3.8) is 0 Å². The summed E-state index contributed by atoms with van der Waals surface area (Å²) in [5.41, 5.74) is 1.86. The van der Waals surface area contributed by atoms with E-state index in [0.29, 0.717) is 17.9 Å². The van der Waals surface area contributed by atoms with Crippen LogP contribution in [-0.2, 0) is 6.54 Å². The Morgan fingerprint density at radius 3 is 2.63 bits per heavy atom. The van der Waals surface area contributed by atoms with Crippen molar-refractivity contribution in [1.29, 1.82) is 0 Å². The molecule has 0 radical (unpaired) electrons. The monoisotopic (exact) mass is 259 g/mol. The summed E-state index contributed by atoms with van der Waals surface area (Å²) in [4.78, 5) is 0. The van der Waals surface area contributed by atoms with Crippen molar-refractivity contribution in [3.8, 4) is 5.75 Å². The summed E-state index contributed by atoms with van der Waals surface area (Å²) in [6.07, 6.45) is 0. The highest BCUT2D eigenvalue weighted by Crippen LogP contribution is 2.15. The molecule has 0 saturated heterocycles. The zero-order valence-electron chi connectivity index (χ0n) is 11.0. The average Bonchev–Trinajstić information content (AvgIpc) is 2.43. The van der Waals surface area contributed by atoms with Gasteiger partial charge in [0.1, 0.15) is 18.2 Å². The van der Waals surface area contributed by atoms with E-state index < -0.39 is 0 Å². The van der Waals surface area contributed by atoms with Crippen molar-refractivity contribution in [2.45, 2.75) is 13.5 Å². The highest BCUT2D eigenvalue weighted by atomic mass is 19.1. The van der Waals surface area contributed by atoms with E-state index in [-0.39, 0.29) is 5.82 Å². The number of hydrogen-bond donors (Lipinski definition) is 1. The van der Waals surface area contributed by atoms with Crippen LogP contribution in [0.4, 0.5) is 4.39 Å². The maximum atomic E-state index is 13.1. The summed E-state index contributed by atoms with van der Waals surface area (Å²) in [5, 5.41) is 3.30. The number of aryl methyl sites for hydroxylation is 1. The summed E-state index contributed by atoms with van der Waals surface area (Å²) < 4.78 is 18.6. The smallest absolute Gasteiger partial charge is 0.126 e. The molecule has 0 unspecified atom stereocenters. The van der Waals surface area contributed by atoms with Crippen LogP contribution in [0.15, 0.2) is 48.5 Å². The second kappa shape index (κ2) is 6.90. The fourth-order valence-corrected chi connectivity index (χ4v) is 1.78. The molecule has 2 nitrogen and oxygen atoms in total. The molecular weight excluding hydrogens is 241 g/mol. The third kappa shape index (κ3) is 4.38. The normalized spacial score (nSPS) is 10.4. The molecule has 0 heterocycles. The molecule has 0 amide bonds. The van der Waals surface area contributed by atoms with E-state index in [1.165, 1.54) is 11.6 Å². The van der Waals surface area contributed by atoms with E-state index in [0.717, 1.165) is 13.1 Å². The van der Waals surface area contributed by atoms with E-state index in [4.69, 9.17) is 4.74 Å². The first-order valence-corrected chi connectivity index (χ1v) is 6.39. The molecule has 0 aliphatic rings. The van der Waals surface area contributed by atoms with Gasteiger partial charge < -0.3 is 10.1 Å². The minimum atomic E-state index is -0.199. The van der Waals surface area contributed by atoms with Gasteiger partial charge in [0, 0.05) is 13.1 Å². The summed E-state index contributed by atoms with van der Waals surface area (Å²) >= 11 is 0. The molecule has 1 N–H and O–H groups in total. The van der Waals surface area contributed by atoms with Gasteiger partial charge in [-0.25, -0.2) is 4.39 Å². The van der Waals surface area contributed by atoms with Gasteiger partial charge in [0.15, 0.2) is 0 Å². The maximum absolute atomic E-state index is 13.1. The van der Waals surface area contributed by atoms with E-state index in [9.17, 15) is 4.39 Å². The Hall–Kier alpha value is -1.87. The van der Waals surface area contributed by atoms with Crippen molar-refractivity contribution < 1.29 is 9.13 Å². The molecule has 0 saturated carbocycles. The molecule has 0 spiro atoms. The highest BCUT2D eigenvalue weighted by Gasteiger charge is 1.99. The van der Waals surface area contributed by atoms with Crippen molar-refractivity contribution >= 4 is 0 Å². The van der Waals surface area contributed by atoms with Gasteiger partial charge in [-0.15, -0.1) is 0 Å². The van der Waals surface area contributed by atoms with Gasteiger partial charge in [-0.3, -0.25) is 0 Å². The molecule has 0 aliphatic heterocycles. The third-order valence-corrected chi connectivity index (χ3v) is 2.85. The van der Waals surface area contributed by atoms with Crippen LogP contribution in [0.25, 0.3) is 0 Å². The van der Waals surface area contributed by atoms with Crippen LogP contribution < -0.4 is 10.1 Å². The fraction of sp³-hybridized carbons (Fsp3) is 0.250. The largest absolute Gasteiger partial charge is 0.492 e. The first-order chi connectivity index (χ1) is 9.25. The molecule has 100 valence electrons. The highest BCUT2D eigenvalue weighted by molar-refractivity contribution is 5.28. The van der Waals surface area contributed by atoms with E-state index in [1.54, 1.807) is 19.1 Å². The Labute approximate surface area is 113 Å². The van der Waals surface area contributed by atoms with Crippen LogP contribution in [0.1, 0.15) is 11.1 Å². The Balaban J connectivity index is 1.68. The van der Waals surface area contributed by atoms with Crippen LogP contribution in [0.2, 0.25) is 0 Å². The minimum Gasteiger partial charge on any atom is -0.492 e. The Morgan fingerprint density at radius 1 is 1.11 bits per heavy atom. The zero-order valence-corrected chi connectivity index (χ0v) is 11.0. The molecule has 2 aromatic rings. The van der Waals surface area contributed by atoms with Gasteiger partial charge in [0.05, 0.1) is 0 Å². The van der Waals surface area contributed by atoms with E-state index >= 15 is 0 Å². The van der Waals surface area contributed by atoms with Crippen molar-refractivity contribution in [2.24, 2.45) is 0 Å². The Kier molecular flexibility index (Phi) is 4.93. The van der Waals surface area contributed by atoms with Gasteiger partial charge in [-0.2, -0.15) is 0 Å². The molecular formula is C16H18FNO. The summed E-state index contributed by atoms with van der Waals surface area (Å²) in [5.74, 6) is 0.509. The molecule has 0 bridgehead atoms. The Bertz CT molecular complexity index is 513. The lowest BCUT2D eigenvalue weighted by molar-refractivity contribution is 0.313. The second-order valence-corrected chi connectivity index (χ2v) is 4.42. The first-order valence-electron chi connectivity index (χ1n) is 6.39. The number of rotatable bonds is 6. The van der Waals surface area contributed by atoms with E-state index in [2.05, 4.69) is 17.4 Å². The van der Waals surface area contributed by atoms with Crippen LogP contribution in [0.5, 0.6) is 5.75 Å². The summed E-state index contributed by atoms with van der Waals surface area (Å²) in [7, 11) is 0. The van der Waals surface area contributed by atoms with E-state index in [1.807, 2.05) is 18.2 Å². The topological polar surface area (TPSA) is 21.3 Å². The van der Waals surface area contributed by atoms with Gasteiger partial charge >= 0.3 is 0 Å². The predicted octanol–water partition coefficient (Wildman–Crippen LogP) is 3.30. The molecule has 0 atom stereocenters. The SMILES string of the molecule is Cc1cc(OCCNCc2ccccc2)ccc1F. The number of nitrogens with one attached hydrogen (secondary N) is 1. The van der Waals surface area contributed by atoms with Gasteiger partial charge in [-0.1, -0.05) is 30.3 Å². The third-order valence-electron chi connectivity index (χ3n) is 2.85.